The van der Waals surface area contributed by atoms with E-state index >= 15 is 0 Å². The lowest BCUT2D eigenvalue weighted by Crippen LogP contribution is -2.41. The summed E-state index contributed by atoms with van der Waals surface area (Å²) in [6.07, 6.45) is 1.46. The maximum atomic E-state index is 13.9. The predicted octanol–water partition coefficient (Wildman–Crippen LogP) is 3.14. The van der Waals surface area contributed by atoms with E-state index in [0.717, 1.165) is 15.9 Å². The Labute approximate surface area is 265 Å². The van der Waals surface area contributed by atoms with E-state index in [1.54, 1.807) is 49.4 Å². The molecule has 0 amide bonds. The Morgan fingerprint density at radius 1 is 0.889 bits per heavy atom. The second kappa shape index (κ2) is 13.9. The highest BCUT2D eigenvalue weighted by Gasteiger charge is 2.40. The number of aromatic nitrogens is 1. The average molecular weight is 639 g/mol. The Balaban J connectivity index is 2.04. The summed E-state index contributed by atoms with van der Waals surface area (Å²) in [5, 5.41) is 0. The second-order valence-electron chi connectivity index (χ2n) is 10.6. The molecule has 0 saturated carbocycles. The predicted molar refractivity (Wildman–Crippen MR) is 171 cm³/mol. The molecule has 45 heavy (non-hydrogen) atoms. The number of hydrogen-bond donors (Lipinski definition) is 1. The molecular formula is C33H38N2O9S. The molecule has 1 aromatic heterocycles. The van der Waals surface area contributed by atoms with Crippen LogP contribution in [0.4, 0.5) is 0 Å². The molecule has 2 heterocycles. The number of carbonyl (C=O) groups excluding carboxylic acids is 2. The van der Waals surface area contributed by atoms with Crippen LogP contribution in [-0.4, -0.2) is 56.6 Å². The van der Waals surface area contributed by atoms with Crippen molar-refractivity contribution in [1.82, 2.24) is 4.57 Å². The van der Waals surface area contributed by atoms with Gasteiger partial charge in [-0.1, -0.05) is 12.1 Å². The maximum Gasteiger partial charge on any atom is 0.338 e. The van der Waals surface area contributed by atoms with Crippen LogP contribution in [-0.2, 0) is 19.1 Å². The third-order valence-corrected chi connectivity index (χ3v) is 7.89. The molecule has 1 aliphatic rings. The van der Waals surface area contributed by atoms with Crippen molar-refractivity contribution in [2.24, 2.45) is 5.73 Å². The second-order valence-corrected chi connectivity index (χ2v) is 11.6. The highest BCUT2D eigenvalue weighted by molar-refractivity contribution is 7.07. The number of methoxy groups -OCH3 is 3. The van der Waals surface area contributed by atoms with Gasteiger partial charge >= 0.3 is 11.9 Å². The summed E-state index contributed by atoms with van der Waals surface area (Å²) in [4.78, 5) is 40.9. The number of hydrogen-bond acceptors (Lipinski definition) is 11. The molecule has 0 aliphatic carbocycles. The van der Waals surface area contributed by atoms with Gasteiger partial charge in [0.15, 0.2) is 23.0 Å². The minimum Gasteiger partial charge on any atom is -0.493 e. The van der Waals surface area contributed by atoms with Crippen molar-refractivity contribution < 1.29 is 38.0 Å². The number of thiazole rings is 1. The van der Waals surface area contributed by atoms with Gasteiger partial charge in [-0.25, -0.2) is 9.59 Å². The van der Waals surface area contributed by atoms with E-state index < -0.39 is 23.4 Å². The highest BCUT2D eigenvalue weighted by atomic mass is 32.1. The number of nitrogens with zero attached hydrogens (tertiary/aromatic N) is 1. The normalized spacial score (nSPS) is 14.8. The fraction of sp³-hybridized carbons (Fsp3) is 0.364. The summed E-state index contributed by atoms with van der Waals surface area (Å²) >= 11 is 1.06. The lowest BCUT2D eigenvalue weighted by molar-refractivity contribution is -0.136. The van der Waals surface area contributed by atoms with Gasteiger partial charge in [0, 0.05) is 0 Å². The Kier molecular flexibility index (Phi) is 10.3. The number of benzene rings is 2. The van der Waals surface area contributed by atoms with Gasteiger partial charge < -0.3 is 34.2 Å². The van der Waals surface area contributed by atoms with E-state index in [1.165, 1.54) is 21.3 Å². The van der Waals surface area contributed by atoms with Crippen LogP contribution in [0.1, 0.15) is 51.7 Å². The van der Waals surface area contributed by atoms with Gasteiger partial charge in [-0.2, -0.15) is 0 Å². The first-order valence-electron chi connectivity index (χ1n) is 14.4. The average Bonchev–Trinajstić information content (AvgIpc) is 3.32. The molecular weight excluding hydrogens is 600 g/mol. The number of rotatable bonds is 11. The maximum absolute atomic E-state index is 13.9. The quantitative estimate of drug-likeness (QED) is 0.312. The van der Waals surface area contributed by atoms with E-state index in [0.29, 0.717) is 34.1 Å². The summed E-state index contributed by atoms with van der Waals surface area (Å²) in [7, 11) is 4.22. The fourth-order valence-corrected chi connectivity index (χ4v) is 6.15. The molecule has 0 spiro atoms. The van der Waals surface area contributed by atoms with Gasteiger partial charge in [0.2, 0.25) is 0 Å². The van der Waals surface area contributed by atoms with E-state index in [4.69, 9.17) is 34.2 Å². The molecule has 3 aromatic rings. The Bertz CT molecular complexity index is 1820. The molecule has 11 nitrogen and oxygen atoms in total. The van der Waals surface area contributed by atoms with Crippen LogP contribution in [0.2, 0.25) is 0 Å². The standard InChI is InChI=1S/C33H38N2O9S/c1-9-42-33(38)28-26(20-11-13-22(44-18(4)5)24(16-20)40-7)27(32(37)41-8)29(34)35-30(36)25(45-31(28)35)15-19-10-12-21(43-17(2)3)23(14-19)39-6/h10-18,26H,9,34H2,1-8H3/b25-15-/t26-/m0/s1. The summed E-state index contributed by atoms with van der Waals surface area (Å²) in [5.74, 6) is -0.809. The monoisotopic (exact) mass is 638 g/mol. The SMILES string of the molecule is CCOC(=O)C1=c2s/c(=C\c3ccc(OC(C)C)c(OC)c3)c(=O)n2C(N)=C(C(=O)OC)[C@@H]1c1ccc(OC(C)C)c(OC)c1. The first kappa shape index (κ1) is 33.2. The molecule has 1 aliphatic heterocycles. The Morgan fingerprint density at radius 2 is 1.49 bits per heavy atom. The molecule has 0 unspecified atom stereocenters. The van der Waals surface area contributed by atoms with Crippen molar-refractivity contribution in [3.63, 3.8) is 0 Å². The van der Waals surface area contributed by atoms with E-state index in [2.05, 4.69) is 0 Å². The number of carbonyl (C=O) groups is 2. The van der Waals surface area contributed by atoms with Crippen LogP contribution in [0.5, 0.6) is 23.0 Å². The zero-order valence-electron chi connectivity index (χ0n) is 26.6. The van der Waals surface area contributed by atoms with Gasteiger partial charge in [0.05, 0.1) is 61.7 Å². The summed E-state index contributed by atoms with van der Waals surface area (Å²) in [6.45, 7) is 9.32. The summed E-state index contributed by atoms with van der Waals surface area (Å²) < 4.78 is 35.0. The van der Waals surface area contributed by atoms with Crippen LogP contribution in [0.3, 0.4) is 0 Å². The molecule has 0 bridgehead atoms. The van der Waals surface area contributed by atoms with Crippen LogP contribution in [0.15, 0.2) is 46.8 Å². The van der Waals surface area contributed by atoms with Crippen LogP contribution >= 0.6 is 11.3 Å². The first-order chi connectivity index (χ1) is 21.4. The van der Waals surface area contributed by atoms with Crippen molar-refractivity contribution >= 4 is 40.7 Å². The topological polar surface area (TPSA) is 138 Å². The minimum absolute atomic E-state index is 0.0610. The lowest BCUT2D eigenvalue weighted by atomic mass is 9.83. The Morgan fingerprint density at radius 3 is 2.04 bits per heavy atom. The van der Waals surface area contributed by atoms with E-state index in [1.807, 2.05) is 27.7 Å². The minimum atomic E-state index is -1.04. The molecule has 0 radical (unpaired) electrons. The summed E-state index contributed by atoms with van der Waals surface area (Å²) in [5.41, 5.74) is 7.18. The summed E-state index contributed by atoms with van der Waals surface area (Å²) in [6, 6.07) is 10.4. The van der Waals surface area contributed by atoms with Gasteiger partial charge in [0.1, 0.15) is 10.5 Å². The Hall–Kier alpha value is -4.71. The molecule has 2 aromatic carbocycles. The van der Waals surface area contributed by atoms with Crippen molar-refractivity contribution in [3.05, 3.63) is 72.6 Å². The van der Waals surface area contributed by atoms with E-state index in [9.17, 15) is 14.4 Å². The lowest BCUT2D eigenvalue weighted by Gasteiger charge is -2.27. The van der Waals surface area contributed by atoms with E-state index in [-0.39, 0.29) is 45.0 Å². The fourth-order valence-electron chi connectivity index (χ4n) is 4.99. The van der Waals surface area contributed by atoms with Crippen molar-refractivity contribution in [2.45, 2.75) is 52.7 Å². The third-order valence-electron chi connectivity index (χ3n) is 6.78. The highest BCUT2D eigenvalue weighted by Crippen LogP contribution is 2.41. The third kappa shape index (κ3) is 6.70. The van der Waals surface area contributed by atoms with Crippen molar-refractivity contribution in [3.8, 4) is 23.0 Å². The van der Waals surface area contributed by atoms with Crippen molar-refractivity contribution in [1.29, 1.82) is 0 Å². The molecule has 1 atom stereocenters. The zero-order valence-corrected chi connectivity index (χ0v) is 27.4. The smallest absolute Gasteiger partial charge is 0.338 e. The number of nitrogens with two attached hydrogens (primary N) is 1. The van der Waals surface area contributed by atoms with Gasteiger partial charge in [0.25, 0.3) is 5.56 Å². The van der Waals surface area contributed by atoms with Gasteiger partial charge in [-0.3, -0.25) is 9.36 Å². The number of esters is 2. The van der Waals surface area contributed by atoms with Gasteiger partial charge in [-0.05, 0) is 76.1 Å². The largest absolute Gasteiger partial charge is 0.493 e. The molecule has 0 saturated heterocycles. The first-order valence-corrected chi connectivity index (χ1v) is 15.2. The zero-order chi connectivity index (χ0) is 33.0. The molecule has 240 valence electrons. The van der Waals surface area contributed by atoms with Crippen LogP contribution < -0.4 is 39.4 Å². The molecule has 0 fully saturated rings. The van der Waals surface area contributed by atoms with Crippen molar-refractivity contribution in [2.75, 3.05) is 27.9 Å². The number of ether oxygens (including phenoxy) is 6. The molecule has 2 N–H and O–H groups in total. The van der Waals surface area contributed by atoms with Gasteiger partial charge in [-0.15, -0.1) is 11.3 Å². The van der Waals surface area contributed by atoms with Crippen LogP contribution in [0, 0.1) is 0 Å². The van der Waals surface area contributed by atoms with Crippen LogP contribution in [0.25, 0.3) is 17.5 Å². The molecule has 12 heteroatoms. The number of fused-ring (bicyclic) bond motifs is 1. The molecule has 4 rings (SSSR count).